The first-order valence-corrected chi connectivity index (χ1v) is 9.51. The van der Waals surface area contributed by atoms with Crippen molar-refractivity contribution in [3.05, 3.63) is 94.0 Å². The Morgan fingerprint density at radius 3 is 2.45 bits per heavy atom. The van der Waals surface area contributed by atoms with Gasteiger partial charge in [0.1, 0.15) is 5.75 Å². The zero-order chi connectivity index (χ0) is 21.6. The molecule has 1 aliphatic rings. The lowest BCUT2D eigenvalue weighted by Gasteiger charge is -2.19. The maximum Gasteiger partial charge on any atom is 0.270 e. The molecule has 156 valence electrons. The van der Waals surface area contributed by atoms with Crippen molar-refractivity contribution in [2.45, 2.75) is 6.61 Å². The largest absolute Gasteiger partial charge is 0.467 e. The molecule has 0 atom stereocenters. The summed E-state index contributed by atoms with van der Waals surface area (Å²) in [6.45, 7) is 0.272. The van der Waals surface area contributed by atoms with Crippen LogP contribution in [0.1, 0.15) is 11.1 Å². The predicted octanol–water partition coefficient (Wildman–Crippen LogP) is 4.86. The number of rotatable bonds is 6. The number of carbonyl (C=O) groups is 1. The quantitative estimate of drug-likeness (QED) is 0.337. The number of carbonyl (C=O) groups excluding carboxylic acids is 1. The van der Waals surface area contributed by atoms with Crippen LogP contribution in [0.5, 0.6) is 5.75 Å². The highest BCUT2D eigenvalue weighted by molar-refractivity contribution is 6.02. The second kappa shape index (κ2) is 9.10. The van der Waals surface area contributed by atoms with Crippen LogP contribution in [0.25, 0.3) is 6.08 Å². The van der Waals surface area contributed by atoms with Crippen molar-refractivity contribution in [1.29, 1.82) is 0 Å². The molecule has 0 spiro atoms. The number of ether oxygens (including phenoxy) is 2. The van der Waals surface area contributed by atoms with Crippen LogP contribution in [-0.4, -0.2) is 17.6 Å². The van der Waals surface area contributed by atoms with E-state index >= 15 is 0 Å². The molecule has 8 nitrogen and oxygen atoms in total. The fourth-order valence-electron chi connectivity index (χ4n) is 3.14. The summed E-state index contributed by atoms with van der Waals surface area (Å²) >= 11 is 0. The number of fused-ring (bicyclic) bond motifs is 1. The number of hydrogen-bond donors (Lipinski definition) is 2. The summed E-state index contributed by atoms with van der Waals surface area (Å²) in [4.78, 5) is 23.0. The van der Waals surface area contributed by atoms with Crippen LogP contribution < -0.4 is 15.4 Å². The summed E-state index contributed by atoms with van der Waals surface area (Å²) in [5.74, 6) is 0.119. The van der Waals surface area contributed by atoms with Crippen LogP contribution in [0.3, 0.4) is 0 Å². The van der Waals surface area contributed by atoms with Gasteiger partial charge < -0.3 is 20.1 Å². The molecule has 0 aliphatic carbocycles. The van der Waals surface area contributed by atoms with Gasteiger partial charge in [0.05, 0.1) is 11.5 Å². The standard InChI is InChI=1S/C23H19N3O5/c27-22(25-20-9-7-19(8-10-20)24-18-4-2-1-3-5-18)11-6-16-12-21(26(28)29)13-17-14-30-15-31-23(16)17/h1-13,24H,14-15H2,(H,25,27)/b11-6+. The molecule has 0 unspecified atom stereocenters. The number of non-ortho nitro benzene ring substituents is 1. The average Bonchev–Trinajstić information content (AvgIpc) is 2.79. The van der Waals surface area contributed by atoms with Crippen LogP contribution in [0, 0.1) is 10.1 Å². The highest BCUT2D eigenvalue weighted by atomic mass is 16.7. The highest BCUT2D eigenvalue weighted by Gasteiger charge is 2.19. The molecule has 0 saturated heterocycles. The molecular weight excluding hydrogens is 398 g/mol. The average molecular weight is 417 g/mol. The Morgan fingerprint density at radius 2 is 1.71 bits per heavy atom. The molecule has 3 aromatic rings. The zero-order valence-electron chi connectivity index (χ0n) is 16.4. The predicted molar refractivity (Wildman–Crippen MR) is 117 cm³/mol. The number of benzene rings is 3. The SMILES string of the molecule is O=C(/C=C/c1cc([N+](=O)[O-])cc2c1OCOC2)Nc1ccc(Nc2ccccc2)cc1. The maximum atomic E-state index is 12.3. The van der Waals surface area contributed by atoms with Crippen molar-refractivity contribution in [1.82, 2.24) is 0 Å². The van der Waals surface area contributed by atoms with Gasteiger partial charge >= 0.3 is 0 Å². The minimum Gasteiger partial charge on any atom is -0.467 e. The summed E-state index contributed by atoms with van der Waals surface area (Å²) in [5.41, 5.74) is 3.41. The topological polar surface area (TPSA) is 103 Å². The van der Waals surface area contributed by atoms with E-state index in [4.69, 9.17) is 9.47 Å². The van der Waals surface area contributed by atoms with Crippen molar-refractivity contribution < 1.29 is 19.2 Å². The van der Waals surface area contributed by atoms with Crippen molar-refractivity contribution in [3.8, 4) is 5.75 Å². The monoisotopic (exact) mass is 417 g/mol. The van der Waals surface area contributed by atoms with E-state index in [9.17, 15) is 14.9 Å². The Kier molecular flexibility index (Phi) is 5.91. The molecule has 1 aliphatic heterocycles. The number of para-hydroxylation sites is 1. The molecule has 0 aromatic heterocycles. The number of nitro groups is 1. The number of anilines is 3. The number of nitro benzene ring substituents is 1. The fourth-order valence-corrected chi connectivity index (χ4v) is 3.14. The Balaban J connectivity index is 1.44. The van der Waals surface area contributed by atoms with Crippen molar-refractivity contribution in [2.24, 2.45) is 0 Å². The lowest BCUT2D eigenvalue weighted by Crippen LogP contribution is -2.13. The summed E-state index contributed by atoms with van der Waals surface area (Å²) in [5, 5.41) is 17.2. The number of nitrogens with zero attached hydrogens (tertiary/aromatic N) is 1. The fraction of sp³-hybridized carbons (Fsp3) is 0.0870. The molecule has 0 radical (unpaired) electrons. The summed E-state index contributed by atoms with van der Waals surface area (Å²) in [6, 6.07) is 19.8. The molecule has 2 N–H and O–H groups in total. The molecule has 1 amide bonds. The first kappa shape index (κ1) is 20.1. The van der Waals surface area contributed by atoms with E-state index in [1.165, 1.54) is 24.3 Å². The van der Waals surface area contributed by atoms with Gasteiger partial charge in [-0.05, 0) is 42.5 Å². The molecule has 0 fully saturated rings. The summed E-state index contributed by atoms with van der Waals surface area (Å²) in [6.07, 6.45) is 2.81. The van der Waals surface area contributed by atoms with Gasteiger partial charge in [-0.2, -0.15) is 0 Å². The Morgan fingerprint density at radius 1 is 1.00 bits per heavy atom. The van der Waals surface area contributed by atoms with Gasteiger partial charge in [-0.1, -0.05) is 18.2 Å². The molecule has 4 rings (SSSR count). The molecular formula is C23H19N3O5. The Bertz CT molecular complexity index is 1130. The van der Waals surface area contributed by atoms with E-state index in [-0.39, 0.29) is 25.0 Å². The molecule has 0 bridgehead atoms. The smallest absolute Gasteiger partial charge is 0.270 e. The number of nitrogens with one attached hydrogen (secondary N) is 2. The first-order chi connectivity index (χ1) is 15.1. The van der Waals surface area contributed by atoms with Gasteiger partial charge in [0.2, 0.25) is 5.91 Å². The van der Waals surface area contributed by atoms with Crippen molar-refractivity contribution in [2.75, 3.05) is 17.4 Å². The van der Waals surface area contributed by atoms with Crippen LogP contribution in [0.15, 0.2) is 72.8 Å². The lowest BCUT2D eigenvalue weighted by atomic mass is 10.1. The van der Waals surface area contributed by atoms with Gasteiger partial charge in [0.25, 0.3) is 5.69 Å². The minimum absolute atomic E-state index is 0.0568. The molecule has 1 heterocycles. The van der Waals surface area contributed by atoms with Crippen molar-refractivity contribution >= 4 is 34.7 Å². The first-order valence-electron chi connectivity index (χ1n) is 9.51. The van der Waals surface area contributed by atoms with Crippen LogP contribution >= 0.6 is 0 Å². The van der Waals surface area contributed by atoms with E-state index in [0.29, 0.717) is 22.6 Å². The van der Waals surface area contributed by atoms with E-state index in [1.54, 1.807) is 12.1 Å². The number of amides is 1. The highest BCUT2D eigenvalue weighted by Crippen LogP contribution is 2.33. The summed E-state index contributed by atoms with van der Waals surface area (Å²) < 4.78 is 10.7. The lowest BCUT2D eigenvalue weighted by molar-refractivity contribution is -0.385. The third kappa shape index (κ3) is 5.06. The third-order valence-electron chi connectivity index (χ3n) is 4.56. The number of hydrogen-bond acceptors (Lipinski definition) is 6. The van der Waals surface area contributed by atoms with E-state index in [1.807, 2.05) is 42.5 Å². The Labute approximate surface area is 178 Å². The molecule has 3 aromatic carbocycles. The minimum atomic E-state index is -0.489. The normalized spacial score (nSPS) is 12.6. The van der Waals surface area contributed by atoms with E-state index < -0.39 is 4.92 Å². The third-order valence-corrected chi connectivity index (χ3v) is 4.56. The van der Waals surface area contributed by atoms with Crippen LogP contribution in [0.2, 0.25) is 0 Å². The van der Waals surface area contributed by atoms with E-state index in [2.05, 4.69) is 10.6 Å². The van der Waals surface area contributed by atoms with Crippen molar-refractivity contribution in [3.63, 3.8) is 0 Å². The van der Waals surface area contributed by atoms with Crippen LogP contribution in [-0.2, 0) is 16.1 Å². The molecule has 8 heteroatoms. The van der Waals surface area contributed by atoms with Gasteiger partial charge in [0.15, 0.2) is 6.79 Å². The van der Waals surface area contributed by atoms with Crippen LogP contribution in [0.4, 0.5) is 22.7 Å². The van der Waals surface area contributed by atoms with E-state index in [0.717, 1.165) is 11.4 Å². The summed E-state index contributed by atoms with van der Waals surface area (Å²) in [7, 11) is 0. The molecule has 31 heavy (non-hydrogen) atoms. The Hall–Kier alpha value is -4.17. The van der Waals surface area contributed by atoms with Gasteiger partial charge in [-0.25, -0.2) is 0 Å². The second-order valence-electron chi connectivity index (χ2n) is 6.78. The second-order valence-corrected chi connectivity index (χ2v) is 6.78. The van der Waals surface area contributed by atoms with Gasteiger partial charge in [-0.15, -0.1) is 0 Å². The van der Waals surface area contributed by atoms with Gasteiger partial charge in [-0.3, -0.25) is 14.9 Å². The zero-order valence-corrected chi connectivity index (χ0v) is 16.4. The molecule has 0 saturated carbocycles. The maximum absolute atomic E-state index is 12.3. The van der Waals surface area contributed by atoms with Gasteiger partial charge in [0, 0.05) is 46.4 Å².